The fraction of sp³-hybridized carbons (Fsp3) is 0.850. The summed E-state index contributed by atoms with van der Waals surface area (Å²) in [5.74, 6) is -0.247. The Balaban J connectivity index is 2.74. The van der Waals surface area contributed by atoms with Crippen LogP contribution in [0.3, 0.4) is 0 Å². The van der Waals surface area contributed by atoms with Crippen molar-refractivity contribution in [2.24, 2.45) is 0 Å². The molecule has 0 aromatic carbocycles. The van der Waals surface area contributed by atoms with Crippen molar-refractivity contribution in [3.05, 3.63) is 10.6 Å². The minimum atomic E-state index is -0.247. The minimum absolute atomic E-state index is 0.0441. The Bertz CT molecular complexity index is 490. The van der Waals surface area contributed by atoms with E-state index >= 15 is 0 Å². The van der Waals surface area contributed by atoms with Crippen molar-refractivity contribution in [1.82, 2.24) is 9.59 Å². The van der Waals surface area contributed by atoms with Gasteiger partial charge in [0, 0.05) is 12.3 Å². The highest BCUT2D eigenvalue weighted by atomic mass is 32.1. The van der Waals surface area contributed by atoms with Crippen molar-refractivity contribution in [2.75, 3.05) is 0 Å². The van der Waals surface area contributed by atoms with Crippen LogP contribution in [0.15, 0.2) is 0 Å². The zero-order chi connectivity index (χ0) is 18.5. The number of rotatable bonds is 14. The molecule has 0 aliphatic carbocycles. The number of hydrogen-bond acceptors (Lipinski definition) is 5. The standard InChI is InChI=1S/C20H36N2O2S/c1-5-7-9-11-13-15-20(4,14-12-10-8-6-2)19-18(25-22-21-19)16-24-17(3)23/h5-16H2,1-4H3. The zero-order valence-electron chi connectivity index (χ0n) is 16.6. The normalized spacial score (nSPS) is 13.6. The number of aromatic nitrogens is 2. The van der Waals surface area contributed by atoms with Crippen molar-refractivity contribution in [3.63, 3.8) is 0 Å². The van der Waals surface area contributed by atoms with Gasteiger partial charge in [-0.05, 0) is 24.4 Å². The summed E-state index contributed by atoms with van der Waals surface area (Å²) in [5.41, 5.74) is 1.10. The molecule has 5 heteroatoms. The van der Waals surface area contributed by atoms with Crippen molar-refractivity contribution in [2.45, 2.75) is 110 Å². The van der Waals surface area contributed by atoms with E-state index in [2.05, 4.69) is 30.4 Å². The van der Waals surface area contributed by atoms with Crippen LogP contribution in [0.1, 0.15) is 109 Å². The highest BCUT2D eigenvalue weighted by Crippen LogP contribution is 2.37. The molecule has 1 rings (SSSR count). The number of unbranched alkanes of at least 4 members (excludes halogenated alkanes) is 7. The summed E-state index contributed by atoms with van der Waals surface area (Å²) < 4.78 is 9.38. The number of carbonyl (C=O) groups excluding carboxylic acids is 1. The molecular formula is C20H36N2O2S. The van der Waals surface area contributed by atoms with Gasteiger partial charge >= 0.3 is 5.97 Å². The lowest BCUT2D eigenvalue weighted by Crippen LogP contribution is -2.24. The van der Waals surface area contributed by atoms with Crippen molar-refractivity contribution in [1.29, 1.82) is 0 Å². The molecular weight excluding hydrogens is 332 g/mol. The Hall–Kier alpha value is -0.970. The lowest BCUT2D eigenvalue weighted by atomic mass is 9.76. The van der Waals surface area contributed by atoms with E-state index in [9.17, 15) is 4.79 Å². The fourth-order valence-corrected chi connectivity index (χ4v) is 4.06. The first-order valence-electron chi connectivity index (χ1n) is 9.98. The molecule has 0 amide bonds. The number of esters is 1. The molecule has 0 aliphatic rings. The Kier molecular flexibility index (Phi) is 10.9. The average molecular weight is 369 g/mol. The molecule has 0 saturated carbocycles. The maximum Gasteiger partial charge on any atom is 0.302 e. The lowest BCUT2D eigenvalue weighted by molar-refractivity contribution is -0.142. The smallest absolute Gasteiger partial charge is 0.302 e. The van der Waals surface area contributed by atoms with Gasteiger partial charge < -0.3 is 4.74 Å². The van der Waals surface area contributed by atoms with Crippen LogP contribution in [0.2, 0.25) is 0 Å². The molecule has 144 valence electrons. The highest BCUT2D eigenvalue weighted by Gasteiger charge is 2.31. The first-order chi connectivity index (χ1) is 12.0. The fourth-order valence-electron chi connectivity index (χ4n) is 3.35. The number of carbonyl (C=O) groups is 1. The molecule has 0 bridgehead atoms. The molecule has 1 heterocycles. The van der Waals surface area contributed by atoms with Gasteiger partial charge in [-0.25, -0.2) is 0 Å². The van der Waals surface area contributed by atoms with E-state index in [1.807, 2.05) is 0 Å². The van der Waals surface area contributed by atoms with E-state index in [4.69, 9.17) is 4.74 Å². The van der Waals surface area contributed by atoms with Gasteiger partial charge in [0.1, 0.15) is 6.61 Å². The second kappa shape index (κ2) is 12.4. The Labute approximate surface area is 157 Å². The Morgan fingerprint density at radius 2 is 1.56 bits per heavy atom. The molecule has 0 fully saturated rings. The quantitative estimate of drug-likeness (QED) is 0.290. The van der Waals surface area contributed by atoms with Gasteiger partial charge in [-0.2, -0.15) is 0 Å². The Morgan fingerprint density at radius 3 is 2.12 bits per heavy atom. The topological polar surface area (TPSA) is 52.1 Å². The van der Waals surface area contributed by atoms with E-state index < -0.39 is 0 Å². The molecule has 25 heavy (non-hydrogen) atoms. The minimum Gasteiger partial charge on any atom is -0.460 e. The number of ether oxygens (including phenoxy) is 1. The summed E-state index contributed by atoms with van der Waals surface area (Å²) in [5, 5.41) is 4.46. The molecule has 1 atom stereocenters. The van der Waals surface area contributed by atoms with Crippen LogP contribution < -0.4 is 0 Å². The maximum atomic E-state index is 11.2. The first kappa shape index (κ1) is 22.1. The van der Waals surface area contributed by atoms with E-state index in [-0.39, 0.29) is 11.4 Å². The third kappa shape index (κ3) is 8.30. The second-order valence-electron chi connectivity index (χ2n) is 7.36. The van der Waals surface area contributed by atoms with Gasteiger partial charge in [-0.3, -0.25) is 4.79 Å². The molecule has 4 nitrogen and oxygen atoms in total. The SMILES string of the molecule is CCCCCCCC(C)(CCCCCC)c1nnsc1COC(C)=O. The van der Waals surface area contributed by atoms with Crippen molar-refractivity contribution in [3.8, 4) is 0 Å². The van der Waals surface area contributed by atoms with Crippen molar-refractivity contribution >= 4 is 17.5 Å². The number of nitrogens with zero attached hydrogens (tertiary/aromatic N) is 2. The van der Waals surface area contributed by atoms with Gasteiger partial charge in [0.2, 0.25) is 0 Å². The van der Waals surface area contributed by atoms with Crippen LogP contribution in [0.5, 0.6) is 0 Å². The predicted molar refractivity (Wildman–Crippen MR) is 105 cm³/mol. The van der Waals surface area contributed by atoms with Crippen LogP contribution in [0, 0.1) is 0 Å². The summed E-state index contributed by atoms with van der Waals surface area (Å²) in [6.07, 6.45) is 13.8. The largest absolute Gasteiger partial charge is 0.460 e. The summed E-state index contributed by atoms with van der Waals surface area (Å²) in [7, 11) is 0. The van der Waals surface area contributed by atoms with Gasteiger partial charge in [0.15, 0.2) is 0 Å². The third-order valence-corrected chi connectivity index (χ3v) is 5.64. The molecule has 0 spiro atoms. The van der Waals surface area contributed by atoms with Crippen molar-refractivity contribution < 1.29 is 9.53 Å². The molecule has 0 N–H and O–H groups in total. The maximum absolute atomic E-state index is 11.2. The molecule has 0 aliphatic heterocycles. The lowest BCUT2D eigenvalue weighted by Gasteiger charge is -2.29. The van der Waals surface area contributed by atoms with E-state index in [0.29, 0.717) is 6.61 Å². The first-order valence-corrected chi connectivity index (χ1v) is 10.8. The summed E-state index contributed by atoms with van der Waals surface area (Å²) in [6.45, 7) is 8.58. The van der Waals surface area contributed by atoms with Gasteiger partial charge in [0.25, 0.3) is 0 Å². The Morgan fingerprint density at radius 1 is 1.00 bits per heavy atom. The predicted octanol–water partition coefficient (Wildman–Crippen LogP) is 6.19. The summed E-state index contributed by atoms with van der Waals surface area (Å²) >= 11 is 1.37. The average Bonchev–Trinajstić information content (AvgIpc) is 3.06. The number of hydrogen-bond donors (Lipinski definition) is 0. The zero-order valence-corrected chi connectivity index (χ0v) is 17.4. The van der Waals surface area contributed by atoms with E-state index in [1.165, 1.54) is 76.2 Å². The van der Waals surface area contributed by atoms with E-state index in [0.717, 1.165) is 23.4 Å². The summed E-state index contributed by atoms with van der Waals surface area (Å²) in [6, 6.07) is 0. The van der Waals surface area contributed by atoms with Crippen LogP contribution in [0.25, 0.3) is 0 Å². The van der Waals surface area contributed by atoms with Gasteiger partial charge in [0.05, 0.1) is 10.6 Å². The van der Waals surface area contributed by atoms with Crippen LogP contribution in [-0.4, -0.2) is 15.6 Å². The highest BCUT2D eigenvalue weighted by molar-refractivity contribution is 7.05. The molecule has 1 aromatic rings. The van der Waals surface area contributed by atoms with Crippen LogP contribution in [-0.2, 0) is 21.6 Å². The van der Waals surface area contributed by atoms with Gasteiger partial charge in [-0.15, -0.1) is 5.10 Å². The molecule has 1 unspecified atom stereocenters. The molecule has 1 aromatic heterocycles. The molecule has 0 radical (unpaired) electrons. The van der Waals surface area contributed by atoms with Crippen LogP contribution in [0.4, 0.5) is 0 Å². The monoisotopic (exact) mass is 368 g/mol. The second-order valence-corrected chi connectivity index (χ2v) is 8.20. The van der Waals surface area contributed by atoms with Crippen LogP contribution >= 0.6 is 11.5 Å². The molecule has 0 saturated heterocycles. The summed E-state index contributed by atoms with van der Waals surface area (Å²) in [4.78, 5) is 12.2. The van der Waals surface area contributed by atoms with Gasteiger partial charge in [-0.1, -0.05) is 83.0 Å². The van der Waals surface area contributed by atoms with E-state index in [1.54, 1.807) is 0 Å². The third-order valence-electron chi connectivity index (χ3n) is 4.95.